The number of nitrogens with one attached hydrogen (secondary N) is 2. The highest BCUT2D eigenvalue weighted by atomic mass is 32.1. The van der Waals surface area contributed by atoms with Gasteiger partial charge < -0.3 is 24.7 Å². The Kier molecular flexibility index (Phi) is 7.92. The van der Waals surface area contributed by atoms with Crippen molar-refractivity contribution in [3.63, 3.8) is 0 Å². The molecule has 2 aromatic heterocycles. The fourth-order valence-corrected chi connectivity index (χ4v) is 4.03. The number of aromatic amines is 1. The van der Waals surface area contributed by atoms with Crippen LogP contribution in [-0.2, 0) is 17.8 Å². The zero-order valence-corrected chi connectivity index (χ0v) is 20.8. The van der Waals surface area contributed by atoms with Gasteiger partial charge in [-0.3, -0.25) is 9.78 Å². The predicted octanol–water partition coefficient (Wildman–Crippen LogP) is 4.51. The minimum atomic E-state index is -0.476. The lowest BCUT2D eigenvalue weighted by Gasteiger charge is -2.26. The van der Waals surface area contributed by atoms with Crippen LogP contribution in [0.15, 0.2) is 77.9 Å². The number of pyridine rings is 2. The van der Waals surface area contributed by atoms with Crippen LogP contribution in [0.3, 0.4) is 0 Å². The van der Waals surface area contributed by atoms with E-state index in [1.165, 1.54) is 7.11 Å². The summed E-state index contributed by atoms with van der Waals surface area (Å²) in [6, 6.07) is 18.1. The third-order valence-corrected chi connectivity index (χ3v) is 5.88. The Balaban J connectivity index is 1.67. The Morgan fingerprint density at radius 2 is 1.94 bits per heavy atom. The summed E-state index contributed by atoms with van der Waals surface area (Å²) in [4.78, 5) is 34.2. The number of para-hydroxylation sites is 1. The highest BCUT2D eigenvalue weighted by Crippen LogP contribution is 2.21. The molecule has 0 radical (unpaired) electrons. The van der Waals surface area contributed by atoms with E-state index in [9.17, 15) is 9.59 Å². The molecule has 184 valence electrons. The zero-order chi connectivity index (χ0) is 25.5. The summed E-state index contributed by atoms with van der Waals surface area (Å²) in [5, 5.41) is 4.35. The summed E-state index contributed by atoms with van der Waals surface area (Å²) in [6.45, 7) is 3.10. The number of carbonyl (C=O) groups is 1. The van der Waals surface area contributed by atoms with Crippen LogP contribution in [0.5, 0.6) is 5.75 Å². The third-order valence-electron chi connectivity index (χ3n) is 5.52. The number of aromatic nitrogens is 2. The summed E-state index contributed by atoms with van der Waals surface area (Å²) in [5.74, 6) is 0.252. The van der Waals surface area contributed by atoms with Gasteiger partial charge in [0.25, 0.3) is 5.56 Å². The molecule has 2 N–H and O–H groups in total. The van der Waals surface area contributed by atoms with Crippen molar-refractivity contribution in [2.24, 2.45) is 0 Å². The third kappa shape index (κ3) is 5.87. The number of methoxy groups -OCH3 is 1. The molecule has 9 heteroatoms. The second-order valence-corrected chi connectivity index (χ2v) is 8.38. The highest BCUT2D eigenvalue weighted by molar-refractivity contribution is 7.80. The van der Waals surface area contributed by atoms with Crippen molar-refractivity contribution in [2.75, 3.05) is 19.0 Å². The molecule has 4 rings (SSSR count). The average molecular weight is 503 g/mol. The Hall–Kier alpha value is -4.24. The van der Waals surface area contributed by atoms with Crippen LogP contribution < -0.4 is 15.6 Å². The largest absolute Gasteiger partial charge is 0.494 e. The Morgan fingerprint density at radius 1 is 1.11 bits per heavy atom. The van der Waals surface area contributed by atoms with Crippen LogP contribution in [0.25, 0.3) is 10.9 Å². The molecule has 0 amide bonds. The van der Waals surface area contributed by atoms with Gasteiger partial charge in [-0.1, -0.05) is 18.2 Å². The first-order chi connectivity index (χ1) is 17.5. The number of nitrogens with zero attached hydrogens (tertiary/aromatic N) is 2. The van der Waals surface area contributed by atoms with Crippen LogP contribution in [0.2, 0.25) is 0 Å². The van der Waals surface area contributed by atoms with E-state index in [1.54, 1.807) is 36.7 Å². The SMILES string of the molecule is CCOc1ccc2[nH]c(=O)c(CN(Cc3cccnc3)C(=S)Nc3ccccc3C(=O)OC)cc2c1. The molecule has 2 heterocycles. The molecule has 0 saturated heterocycles. The van der Waals surface area contributed by atoms with E-state index >= 15 is 0 Å². The lowest BCUT2D eigenvalue weighted by atomic mass is 10.1. The van der Waals surface area contributed by atoms with Crippen molar-refractivity contribution >= 4 is 39.9 Å². The fraction of sp³-hybridized carbons (Fsp3) is 0.185. The number of hydrogen-bond donors (Lipinski definition) is 2. The van der Waals surface area contributed by atoms with Crippen molar-refractivity contribution in [1.29, 1.82) is 0 Å². The van der Waals surface area contributed by atoms with Crippen LogP contribution in [0, 0.1) is 0 Å². The van der Waals surface area contributed by atoms with Gasteiger partial charge in [-0.25, -0.2) is 4.79 Å². The van der Waals surface area contributed by atoms with E-state index in [1.807, 2.05) is 48.2 Å². The maximum atomic E-state index is 12.9. The topological polar surface area (TPSA) is 96.5 Å². The number of hydrogen-bond acceptors (Lipinski definition) is 6. The van der Waals surface area contributed by atoms with E-state index in [0.29, 0.717) is 35.1 Å². The van der Waals surface area contributed by atoms with E-state index in [2.05, 4.69) is 15.3 Å². The molecule has 4 aromatic rings. The Labute approximate surface area is 213 Å². The molecule has 0 unspecified atom stereocenters. The van der Waals surface area contributed by atoms with Gasteiger partial charge in [0.2, 0.25) is 0 Å². The smallest absolute Gasteiger partial charge is 0.339 e. The normalized spacial score (nSPS) is 10.6. The predicted molar refractivity (Wildman–Crippen MR) is 143 cm³/mol. The molecule has 0 aliphatic rings. The summed E-state index contributed by atoms with van der Waals surface area (Å²) < 4.78 is 10.5. The maximum absolute atomic E-state index is 12.9. The van der Waals surface area contributed by atoms with Crippen molar-refractivity contribution in [3.8, 4) is 5.75 Å². The van der Waals surface area contributed by atoms with Crippen molar-refractivity contribution in [1.82, 2.24) is 14.9 Å². The number of thiocarbonyl (C=S) groups is 1. The molecule has 0 aliphatic carbocycles. The molecular weight excluding hydrogens is 476 g/mol. The van der Waals surface area contributed by atoms with Gasteiger partial charge in [0, 0.05) is 35.4 Å². The Morgan fingerprint density at radius 3 is 2.69 bits per heavy atom. The van der Waals surface area contributed by atoms with Crippen molar-refractivity contribution in [3.05, 3.63) is 100 Å². The van der Waals surface area contributed by atoms with Crippen molar-refractivity contribution < 1.29 is 14.3 Å². The van der Waals surface area contributed by atoms with Gasteiger partial charge in [-0.15, -0.1) is 0 Å². The molecule has 0 spiro atoms. The summed E-state index contributed by atoms with van der Waals surface area (Å²) in [6.07, 6.45) is 3.44. The number of carbonyl (C=O) groups excluding carboxylic acids is 1. The number of ether oxygens (including phenoxy) is 2. The first kappa shape index (κ1) is 24.9. The lowest BCUT2D eigenvalue weighted by molar-refractivity contribution is 0.0602. The van der Waals surface area contributed by atoms with E-state index in [0.717, 1.165) is 22.2 Å². The van der Waals surface area contributed by atoms with Gasteiger partial charge in [0.1, 0.15) is 5.75 Å². The van der Waals surface area contributed by atoms with Gasteiger partial charge in [-0.2, -0.15) is 0 Å². The monoisotopic (exact) mass is 502 g/mol. The summed E-state index contributed by atoms with van der Waals surface area (Å²) in [7, 11) is 1.33. The maximum Gasteiger partial charge on any atom is 0.339 e. The molecule has 0 bridgehead atoms. The quantitative estimate of drug-likeness (QED) is 0.268. The fourth-order valence-electron chi connectivity index (χ4n) is 3.80. The molecule has 0 saturated carbocycles. The molecule has 2 aromatic carbocycles. The molecular formula is C27H26N4O4S. The Bertz CT molecular complexity index is 1440. The van der Waals surface area contributed by atoms with Crippen molar-refractivity contribution in [2.45, 2.75) is 20.0 Å². The number of benzene rings is 2. The number of anilines is 1. The first-order valence-corrected chi connectivity index (χ1v) is 11.8. The first-order valence-electron chi connectivity index (χ1n) is 11.4. The van der Waals surface area contributed by atoms with Gasteiger partial charge in [0.15, 0.2) is 5.11 Å². The standard InChI is InChI=1S/C27H26N4O4S/c1-3-35-21-10-11-23-19(14-21)13-20(25(32)29-23)17-31(16-18-7-6-12-28-15-18)27(36)30-24-9-5-4-8-22(24)26(33)34-2/h4-15H,3,16-17H2,1-2H3,(H,29,32)(H,30,36). The molecule has 0 atom stereocenters. The molecule has 0 fully saturated rings. The van der Waals surface area contributed by atoms with Gasteiger partial charge in [0.05, 0.1) is 31.5 Å². The van der Waals surface area contributed by atoms with E-state index < -0.39 is 5.97 Å². The van der Waals surface area contributed by atoms with E-state index in [-0.39, 0.29) is 12.1 Å². The molecule has 0 aliphatic heterocycles. The minimum Gasteiger partial charge on any atom is -0.494 e. The number of H-pyrrole nitrogens is 1. The van der Waals surface area contributed by atoms with Crippen LogP contribution >= 0.6 is 12.2 Å². The van der Waals surface area contributed by atoms with Crippen LogP contribution in [0.4, 0.5) is 5.69 Å². The summed E-state index contributed by atoms with van der Waals surface area (Å²) in [5.41, 5.74) is 2.83. The number of rotatable bonds is 8. The highest BCUT2D eigenvalue weighted by Gasteiger charge is 2.18. The van der Waals surface area contributed by atoms with Gasteiger partial charge in [-0.05, 0) is 67.2 Å². The molecule has 36 heavy (non-hydrogen) atoms. The van der Waals surface area contributed by atoms with Gasteiger partial charge >= 0.3 is 5.97 Å². The van der Waals surface area contributed by atoms with E-state index in [4.69, 9.17) is 21.7 Å². The second-order valence-electron chi connectivity index (χ2n) is 7.99. The second kappa shape index (κ2) is 11.5. The minimum absolute atomic E-state index is 0.208. The zero-order valence-electron chi connectivity index (χ0n) is 20.0. The molecule has 8 nitrogen and oxygen atoms in total. The van der Waals surface area contributed by atoms with Crippen LogP contribution in [0.1, 0.15) is 28.4 Å². The average Bonchev–Trinajstić information content (AvgIpc) is 2.89. The van der Waals surface area contributed by atoms with Crippen LogP contribution in [-0.4, -0.2) is 39.7 Å². The summed E-state index contributed by atoms with van der Waals surface area (Å²) >= 11 is 5.74. The lowest BCUT2D eigenvalue weighted by Crippen LogP contribution is -2.36. The number of fused-ring (bicyclic) bond motifs is 1. The number of esters is 1.